The molecule has 2 N–H and O–H groups in total. The number of hydrogen-bond donors (Lipinski definition) is 2. The van der Waals surface area contributed by atoms with E-state index in [1.165, 1.54) is 16.7 Å². The number of methoxy groups -OCH3 is 2. The third-order valence-corrected chi connectivity index (χ3v) is 4.83. The molecule has 1 aromatic carbocycles. The van der Waals surface area contributed by atoms with E-state index in [0.29, 0.717) is 35.6 Å². The molecule has 26 heavy (non-hydrogen) atoms. The number of rotatable bonds is 6. The summed E-state index contributed by atoms with van der Waals surface area (Å²) in [4.78, 5) is 29.6. The van der Waals surface area contributed by atoms with Gasteiger partial charge in [-0.25, -0.2) is 9.78 Å². The van der Waals surface area contributed by atoms with Gasteiger partial charge in [-0.1, -0.05) is 11.8 Å². The fraction of sp³-hybridized carbons (Fsp3) is 0.375. The first-order valence-electron chi connectivity index (χ1n) is 7.94. The molecular weight excluding hydrogens is 358 g/mol. The van der Waals surface area contributed by atoms with E-state index in [1.807, 2.05) is 6.07 Å². The van der Waals surface area contributed by atoms with Crippen LogP contribution in [0.4, 0.5) is 4.79 Å². The Balaban J connectivity index is 1.74. The molecule has 0 saturated carbocycles. The van der Waals surface area contributed by atoms with Crippen molar-refractivity contribution >= 4 is 23.7 Å². The number of aromatic nitrogens is 3. The lowest BCUT2D eigenvalue weighted by Crippen LogP contribution is -2.38. The van der Waals surface area contributed by atoms with Crippen LogP contribution in [0, 0.1) is 0 Å². The number of H-pyrrole nitrogens is 1. The third kappa shape index (κ3) is 3.59. The number of carbonyl (C=O) groups excluding carboxylic acids is 2. The number of thioether (sulfide) groups is 1. The second-order valence-electron chi connectivity index (χ2n) is 5.51. The molecule has 2 aromatic rings. The lowest BCUT2D eigenvalue weighted by Gasteiger charge is -2.15. The normalized spacial score (nSPS) is 14.9. The van der Waals surface area contributed by atoms with Gasteiger partial charge in [-0.05, 0) is 19.1 Å². The highest BCUT2D eigenvalue weighted by atomic mass is 32.2. The van der Waals surface area contributed by atoms with Crippen LogP contribution >= 0.6 is 11.8 Å². The molecular formula is C16H19N5O4S. The third-order valence-electron chi connectivity index (χ3n) is 3.88. The molecule has 0 spiro atoms. The molecule has 1 aliphatic rings. The summed E-state index contributed by atoms with van der Waals surface area (Å²) in [5.74, 6) is 1.52. The van der Waals surface area contributed by atoms with Gasteiger partial charge in [-0.2, -0.15) is 0 Å². The average Bonchev–Trinajstić information content (AvgIpc) is 3.29. The minimum Gasteiger partial charge on any atom is -0.497 e. The van der Waals surface area contributed by atoms with E-state index in [9.17, 15) is 9.59 Å². The van der Waals surface area contributed by atoms with Gasteiger partial charge in [0.1, 0.15) is 11.5 Å². The molecule has 1 unspecified atom stereocenters. The number of ether oxygens (including phenoxy) is 2. The van der Waals surface area contributed by atoms with Crippen LogP contribution in [0.25, 0.3) is 11.4 Å². The van der Waals surface area contributed by atoms with Crippen molar-refractivity contribution in [2.75, 3.05) is 27.3 Å². The van der Waals surface area contributed by atoms with E-state index in [1.54, 1.807) is 33.3 Å². The van der Waals surface area contributed by atoms with Crippen molar-refractivity contribution in [3.8, 4) is 22.9 Å². The van der Waals surface area contributed by atoms with E-state index in [4.69, 9.17) is 9.47 Å². The van der Waals surface area contributed by atoms with Gasteiger partial charge in [0, 0.05) is 19.2 Å². The van der Waals surface area contributed by atoms with E-state index < -0.39 is 5.25 Å². The van der Waals surface area contributed by atoms with Crippen LogP contribution in [-0.4, -0.2) is 64.6 Å². The van der Waals surface area contributed by atoms with E-state index >= 15 is 0 Å². The van der Waals surface area contributed by atoms with Crippen LogP contribution in [0.2, 0.25) is 0 Å². The molecule has 0 aliphatic carbocycles. The highest BCUT2D eigenvalue weighted by Gasteiger charge is 2.30. The maximum atomic E-state index is 12.4. The Morgan fingerprint density at radius 1 is 1.35 bits per heavy atom. The number of aromatic amines is 1. The first-order chi connectivity index (χ1) is 12.5. The Bertz CT molecular complexity index is 825. The highest BCUT2D eigenvalue weighted by molar-refractivity contribution is 8.00. The summed E-state index contributed by atoms with van der Waals surface area (Å²) in [6, 6.07) is 5.00. The average molecular weight is 377 g/mol. The summed E-state index contributed by atoms with van der Waals surface area (Å²) in [7, 11) is 3.14. The summed E-state index contributed by atoms with van der Waals surface area (Å²) >= 11 is 1.19. The summed E-state index contributed by atoms with van der Waals surface area (Å²) in [6.07, 6.45) is 0. The zero-order valence-electron chi connectivity index (χ0n) is 14.6. The topological polar surface area (TPSA) is 109 Å². The monoisotopic (exact) mass is 377 g/mol. The number of urea groups is 1. The standard InChI is InChI=1S/C16H19N5O4S/c1-9(14(22)21-7-6-17-16(21)23)26-15-18-13(19-20-15)11-5-4-10(24-2)8-12(11)25-3/h4-5,8-9H,6-7H2,1-3H3,(H,17,23)(H,18,19,20). The van der Waals surface area contributed by atoms with Gasteiger partial charge in [0.25, 0.3) is 0 Å². The number of imide groups is 1. The quantitative estimate of drug-likeness (QED) is 0.735. The SMILES string of the molecule is COc1ccc(-c2nc(SC(C)C(=O)N3CCNC3=O)n[nH]2)c(OC)c1. The number of nitrogens with one attached hydrogen (secondary N) is 2. The lowest BCUT2D eigenvalue weighted by molar-refractivity contribution is -0.126. The van der Waals surface area contributed by atoms with Crippen molar-refractivity contribution in [3.05, 3.63) is 18.2 Å². The van der Waals surface area contributed by atoms with Crippen molar-refractivity contribution < 1.29 is 19.1 Å². The Morgan fingerprint density at radius 3 is 2.81 bits per heavy atom. The number of benzene rings is 1. The fourth-order valence-corrected chi connectivity index (χ4v) is 3.31. The van der Waals surface area contributed by atoms with E-state index in [0.717, 1.165) is 5.56 Å². The first kappa shape index (κ1) is 18.1. The van der Waals surface area contributed by atoms with E-state index in [-0.39, 0.29) is 11.9 Å². The van der Waals surface area contributed by atoms with Crippen LogP contribution in [-0.2, 0) is 4.79 Å². The molecule has 10 heteroatoms. The molecule has 1 aliphatic heterocycles. The van der Waals surface area contributed by atoms with Crippen LogP contribution < -0.4 is 14.8 Å². The molecule has 1 fully saturated rings. The fourth-order valence-electron chi connectivity index (χ4n) is 2.52. The maximum absolute atomic E-state index is 12.4. The molecule has 1 atom stereocenters. The van der Waals surface area contributed by atoms with Gasteiger partial charge < -0.3 is 14.8 Å². The van der Waals surface area contributed by atoms with Crippen molar-refractivity contribution in [1.29, 1.82) is 0 Å². The van der Waals surface area contributed by atoms with Crippen LogP contribution in [0.3, 0.4) is 0 Å². The maximum Gasteiger partial charge on any atom is 0.324 e. The molecule has 3 amide bonds. The zero-order valence-corrected chi connectivity index (χ0v) is 15.4. The van der Waals surface area contributed by atoms with Gasteiger partial charge in [-0.15, -0.1) is 5.10 Å². The Kier molecular flexibility index (Phi) is 5.31. The molecule has 3 rings (SSSR count). The van der Waals surface area contributed by atoms with Gasteiger partial charge in [0.15, 0.2) is 5.82 Å². The molecule has 2 heterocycles. The number of hydrogen-bond acceptors (Lipinski definition) is 7. The van der Waals surface area contributed by atoms with Gasteiger partial charge >= 0.3 is 6.03 Å². The Hall–Kier alpha value is -2.75. The largest absolute Gasteiger partial charge is 0.497 e. The molecule has 9 nitrogen and oxygen atoms in total. The van der Waals surface area contributed by atoms with Gasteiger partial charge in [0.05, 0.1) is 25.0 Å². The number of amides is 3. The predicted molar refractivity (Wildman–Crippen MR) is 95.4 cm³/mol. The summed E-state index contributed by atoms with van der Waals surface area (Å²) in [5, 5.41) is 9.54. The summed E-state index contributed by atoms with van der Waals surface area (Å²) in [6.45, 7) is 2.58. The van der Waals surface area contributed by atoms with Gasteiger partial charge in [0.2, 0.25) is 11.1 Å². The van der Waals surface area contributed by atoms with Crippen LogP contribution in [0.5, 0.6) is 11.5 Å². The molecule has 0 bridgehead atoms. The molecule has 1 saturated heterocycles. The van der Waals surface area contributed by atoms with Crippen molar-refractivity contribution in [3.63, 3.8) is 0 Å². The van der Waals surface area contributed by atoms with Crippen LogP contribution in [0.15, 0.2) is 23.4 Å². The minimum atomic E-state index is -0.486. The molecule has 0 radical (unpaired) electrons. The number of nitrogens with zero attached hydrogens (tertiary/aromatic N) is 3. The number of carbonyl (C=O) groups is 2. The second-order valence-corrected chi connectivity index (χ2v) is 6.82. The molecule has 138 valence electrons. The smallest absolute Gasteiger partial charge is 0.324 e. The minimum absolute atomic E-state index is 0.265. The van der Waals surface area contributed by atoms with Crippen molar-refractivity contribution in [2.24, 2.45) is 0 Å². The Labute approximate surface area is 154 Å². The zero-order chi connectivity index (χ0) is 18.7. The lowest BCUT2D eigenvalue weighted by atomic mass is 10.2. The molecule has 1 aromatic heterocycles. The summed E-state index contributed by atoms with van der Waals surface area (Å²) < 4.78 is 10.6. The predicted octanol–water partition coefficient (Wildman–Crippen LogP) is 1.52. The van der Waals surface area contributed by atoms with Crippen molar-refractivity contribution in [2.45, 2.75) is 17.3 Å². The summed E-state index contributed by atoms with van der Waals surface area (Å²) in [5.41, 5.74) is 0.727. The van der Waals surface area contributed by atoms with E-state index in [2.05, 4.69) is 20.5 Å². The highest BCUT2D eigenvalue weighted by Crippen LogP contribution is 2.32. The van der Waals surface area contributed by atoms with Crippen LogP contribution in [0.1, 0.15) is 6.92 Å². The second kappa shape index (κ2) is 7.65. The van der Waals surface area contributed by atoms with Crippen molar-refractivity contribution in [1.82, 2.24) is 25.4 Å². The first-order valence-corrected chi connectivity index (χ1v) is 8.82. The Morgan fingerprint density at radius 2 is 2.15 bits per heavy atom. The van der Waals surface area contributed by atoms with Gasteiger partial charge in [-0.3, -0.25) is 14.8 Å².